The van der Waals surface area contributed by atoms with Crippen molar-refractivity contribution < 1.29 is 4.74 Å². The van der Waals surface area contributed by atoms with E-state index < -0.39 is 0 Å². The standard InChI is InChI=1S/C12H15N3O2/c1-2-3-6-17-12-14-10-5-4-8(13)7-9(10)11(16)15-12/h4-5,7H,2-3,6,13H2,1H3,(H,14,15,16). The predicted octanol–water partition coefficient (Wildman–Crippen LogP) is 1.68. The fourth-order valence-electron chi connectivity index (χ4n) is 1.52. The number of aromatic amines is 1. The molecule has 0 aliphatic heterocycles. The quantitative estimate of drug-likeness (QED) is 0.622. The Bertz CT molecular complexity index is 577. The molecule has 90 valence electrons. The molecule has 0 saturated heterocycles. The van der Waals surface area contributed by atoms with Crippen molar-refractivity contribution in [3.05, 3.63) is 28.6 Å². The molecule has 2 rings (SSSR count). The molecule has 1 aromatic heterocycles. The van der Waals surface area contributed by atoms with Crippen LogP contribution in [0.2, 0.25) is 0 Å². The van der Waals surface area contributed by atoms with Gasteiger partial charge in [0.2, 0.25) is 0 Å². The van der Waals surface area contributed by atoms with E-state index in [0.717, 1.165) is 12.8 Å². The van der Waals surface area contributed by atoms with E-state index in [4.69, 9.17) is 10.5 Å². The summed E-state index contributed by atoms with van der Waals surface area (Å²) in [6.07, 6.45) is 1.97. The SMILES string of the molecule is CCCCOc1nc2ccc(N)cc2c(=O)[nH]1. The van der Waals surface area contributed by atoms with Crippen molar-refractivity contribution in [2.45, 2.75) is 19.8 Å². The van der Waals surface area contributed by atoms with Gasteiger partial charge in [-0.2, -0.15) is 4.98 Å². The molecule has 0 bridgehead atoms. The number of H-pyrrole nitrogens is 1. The number of anilines is 1. The number of nitrogens with two attached hydrogens (primary N) is 1. The lowest BCUT2D eigenvalue weighted by Gasteiger charge is -2.05. The highest BCUT2D eigenvalue weighted by molar-refractivity contribution is 5.81. The summed E-state index contributed by atoms with van der Waals surface area (Å²) in [6.45, 7) is 2.63. The summed E-state index contributed by atoms with van der Waals surface area (Å²) in [4.78, 5) is 18.6. The van der Waals surface area contributed by atoms with Crippen LogP contribution in [-0.4, -0.2) is 16.6 Å². The molecular formula is C12H15N3O2. The average molecular weight is 233 g/mol. The summed E-state index contributed by atoms with van der Waals surface area (Å²) in [7, 11) is 0. The highest BCUT2D eigenvalue weighted by Crippen LogP contribution is 2.13. The zero-order chi connectivity index (χ0) is 12.3. The maximum Gasteiger partial charge on any atom is 0.297 e. The Morgan fingerprint density at radius 2 is 2.29 bits per heavy atom. The number of nitrogens with zero attached hydrogens (tertiary/aromatic N) is 1. The van der Waals surface area contributed by atoms with E-state index in [1.54, 1.807) is 18.2 Å². The van der Waals surface area contributed by atoms with E-state index in [1.807, 2.05) is 0 Å². The normalized spacial score (nSPS) is 10.6. The third-order valence-electron chi connectivity index (χ3n) is 2.44. The zero-order valence-electron chi connectivity index (χ0n) is 9.69. The molecule has 1 heterocycles. The van der Waals surface area contributed by atoms with Gasteiger partial charge in [-0.05, 0) is 24.6 Å². The summed E-state index contributed by atoms with van der Waals surface area (Å²) in [5.74, 6) is 0. The topological polar surface area (TPSA) is 81.0 Å². The van der Waals surface area contributed by atoms with E-state index >= 15 is 0 Å². The van der Waals surface area contributed by atoms with Crippen LogP contribution in [0.5, 0.6) is 6.01 Å². The highest BCUT2D eigenvalue weighted by atomic mass is 16.5. The molecule has 0 amide bonds. The molecule has 0 aliphatic rings. The summed E-state index contributed by atoms with van der Waals surface area (Å²) < 4.78 is 5.37. The monoisotopic (exact) mass is 233 g/mol. The lowest BCUT2D eigenvalue weighted by Crippen LogP contribution is -2.11. The van der Waals surface area contributed by atoms with Gasteiger partial charge >= 0.3 is 0 Å². The first-order chi connectivity index (χ1) is 8.20. The summed E-state index contributed by atoms with van der Waals surface area (Å²) >= 11 is 0. The van der Waals surface area contributed by atoms with Crippen LogP contribution in [-0.2, 0) is 0 Å². The lowest BCUT2D eigenvalue weighted by molar-refractivity contribution is 0.286. The van der Waals surface area contributed by atoms with E-state index in [1.165, 1.54) is 0 Å². The fraction of sp³-hybridized carbons (Fsp3) is 0.333. The highest BCUT2D eigenvalue weighted by Gasteiger charge is 2.04. The van der Waals surface area contributed by atoms with Gasteiger partial charge in [-0.3, -0.25) is 9.78 Å². The second kappa shape index (κ2) is 4.86. The third-order valence-corrected chi connectivity index (χ3v) is 2.44. The Morgan fingerprint density at radius 3 is 3.06 bits per heavy atom. The Balaban J connectivity index is 2.35. The van der Waals surface area contributed by atoms with Gasteiger partial charge in [-0.25, -0.2) is 0 Å². The van der Waals surface area contributed by atoms with Crippen LogP contribution in [0.1, 0.15) is 19.8 Å². The van der Waals surface area contributed by atoms with Gasteiger partial charge in [0.15, 0.2) is 0 Å². The van der Waals surface area contributed by atoms with E-state index in [0.29, 0.717) is 23.2 Å². The number of ether oxygens (including phenoxy) is 1. The molecule has 5 nitrogen and oxygen atoms in total. The number of hydrogen-bond acceptors (Lipinski definition) is 4. The second-order valence-corrected chi connectivity index (χ2v) is 3.85. The number of nitrogens with one attached hydrogen (secondary N) is 1. The van der Waals surface area contributed by atoms with E-state index in [9.17, 15) is 4.79 Å². The van der Waals surface area contributed by atoms with Gasteiger partial charge in [0.05, 0.1) is 17.5 Å². The summed E-state index contributed by atoms with van der Waals surface area (Å²) in [6, 6.07) is 5.30. The molecule has 5 heteroatoms. The molecular weight excluding hydrogens is 218 g/mol. The Morgan fingerprint density at radius 1 is 1.47 bits per heavy atom. The minimum absolute atomic E-state index is 0.228. The molecule has 0 spiro atoms. The van der Waals surface area contributed by atoms with Crippen LogP contribution in [0.3, 0.4) is 0 Å². The Kier molecular flexibility index (Phi) is 3.27. The molecule has 3 N–H and O–H groups in total. The minimum atomic E-state index is -0.228. The zero-order valence-corrected chi connectivity index (χ0v) is 9.69. The first-order valence-corrected chi connectivity index (χ1v) is 5.63. The van der Waals surface area contributed by atoms with Crippen molar-refractivity contribution in [3.63, 3.8) is 0 Å². The minimum Gasteiger partial charge on any atom is -0.465 e. The van der Waals surface area contributed by atoms with Gasteiger partial charge in [0, 0.05) is 5.69 Å². The molecule has 2 aromatic rings. The lowest BCUT2D eigenvalue weighted by atomic mass is 10.2. The van der Waals surface area contributed by atoms with E-state index in [-0.39, 0.29) is 11.6 Å². The maximum absolute atomic E-state index is 11.8. The van der Waals surface area contributed by atoms with Crippen LogP contribution in [0.15, 0.2) is 23.0 Å². The number of fused-ring (bicyclic) bond motifs is 1. The smallest absolute Gasteiger partial charge is 0.297 e. The molecule has 0 atom stereocenters. The van der Waals surface area contributed by atoms with Crippen LogP contribution >= 0.6 is 0 Å². The molecule has 0 aliphatic carbocycles. The molecule has 1 aromatic carbocycles. The number of hydrogen-bond donors (Lipinski definition) is 2. The van der Waals surface area contributed by atoms with Crippen molar-refractivity contribution in [2.75, 3.05) is 12.3 Å². The molecule has 0 fully saturated rings. The Labute approximate surface area is 98.6 Å². The molecule has 17 heavy (non-hydrogen) atoms. The molecule has 0 saturated carbocycles. The van der Waals surface area contributed by atoms with Crippen molar-refractivity contribution in [1.82, 2.24) is 9.97 Å². The van der Waals surface area contributed by atoms with Crippen LogP contribution in [0, 0.1) is 0 Å². The van der Waals surface area contributed by atoms with E-state index in [2.05, 4.69) is 16.9 Å². The Hall–Kier alpha value is -2.04. The largest absolute Gasteiger partial charge is 0.465 e. The van der Waals surface area contributed by atoms with Crippen molar-refractivity contribution in [1.29, 1.82) is 0 Å². The summed E-state index contributed by atoms with van der Waals surface area (Å²) in [5.41, 5.74) is 6.53. The van der Waals surface area contributed by atoms with Crippen molar-refractivity contribution in [3.8, 4) is 6.01 Å². The first-order valence-electron chi connectivity index (χ1n) is 5.63. The van der Waals surface area contributed by atoms with Crippen molar-refractivity contribution in [2.24, 2.45) is 0 Å². The number of aromatic nitrogens is 2. The maximum atomic E-state index is 11.8. The fourth-order valence-corrected chi connectivity index (χ4v) is 1.52. The van der Waals surface area contributed by atoms with Gasteiger partial charge in [-0.1, -0.05) is 13.3 Å². The third kappa shape index (κ3) is 2.55. The summed E-state index contributed by atoms with van der Waals surface area (Å²) in [5, 5.41) is 0.479. The second-order valence-electron chi connectivity index (χ2n) is 3.85. The first kappa shape index (κ1) is 11.4. The van der Waals surface area contributed by atoms with Gasteiger partial charge in [0.25, 0.3) is 11.6 Å². The van der Waals surface area contributed by atoms with Crippen LogP contribution < -0.4 is 16.0 Å². The molecule has 0 unspecified atom stereocenters. The average Bonchev–Trinajstić information content (AvgIpc) is 2.31. The van der Waals surface area contributed by atoms with Crippen LogP contribution in [0.4, 0.5) is 5.69 Å². The predicted molar refractivity (Wildman–Crippen MR) is 67.2 cm³/mol. The molecule has 0 radical (unpaired) electrons. The number of rotatable bonds is 4. The number of unbranched alkanes of at least 4 members (excludes halogenated alkanes) is 1. The number of benzene rings is 1. The van der Waals surface area contributed by atoms with Gasteiger partial charge in [-0.15, -0.1) is 0 Å². The van der Waals surface area contributed by atoms with Crippen LogP contribution in [0.25, 0.3) is 10.9 Å². The van der Waals surface area contributed by atoms with Crippen molar-refractivity contribution >= 4 is 16.6 Å². The van der Waals surface area contributed by atoms with Gasteiger partial charge < -0.3 is 10.5 Å². The number of nitrogen functional groups attached to an aromatic ring is 1. The van der Waals surface area contributed by atoms with Gasteiger partial charge in [0.1, 0.15) is 0 Å².